The Labute approximate surface area is 269 Å². The number of benzene rings is 2. The Morgan fingerprint density at radius 3 is 1.93 bits per heavy atom. The van der Waals surface area contributed by atoms with E-state index in [4.69, 9.17) is 0 Å². The van der Waals surface area contributed by atoms with Crippen LogP contribution in [0.15, 0.2) is 60.7 Å². The van der Waals surface area contributed by atoms with Gasteiger partial charge in [-0.3, -0.25) is 19.2 Å². The van der Waals surface area contributed by atoms with E-state index in [2.05, 4.69) is 16.0 Å². The minimum absolute atomic E-state index is 0.00204. The molecule has 0 spiro atoms. The predicted octanol–water partition coefficient (Wildman–Crippen LogP) is 4.97. The Bertz CT molecular complexity index is 1250. The molecule has 3 amide bonds. The van der Waals surface area contributed by atoms with Crippen molar-refractivity contribution >= 4 is 23.5 Å². The fourth-order valence-electron chi connectivity index (χ4n) is 6.96. The van der Waals surface area contributed by atoms with Crippen LogP contribution in [0.25, 0.3) is 0 Å². The number of carbonyl (C=O) groups is 4. The standard InChI is InChI=1S/C37H52N4O4/c1-25(38-5)34(43)39-33(28-20-13-8-14-21-28)36(45)41-23-15-22-30(41)31(42)24-29(35(44)40-37(2,3)4)32(26-16-9-6-10-17-26)27-18-11-7-12-19-27/h6-7,9-12,16-19,25,28-30,32-33,38H,8,13-15,20-24H2,1-5H3,(H,39,43)(H,40,44)/t25-,29-,30?,33?/m0/s1. The summed E-state index contributed by atoms with van der Waals surface area (Å²) in [4.78, 5) is 57.3. The number of ketones is 1. The number of hydrogen-bond donors (Lipinski definition) is 3. The van der Waals surface area contributed by atoms with Gasteiger partial charge < -0.3 is 20.9 Å². The molecular formula is C37H52N4O4. The maximum Gasteiger partial charge on any atom is 0.246 e. The van der Waals surface area contributed by atoms with Crippen LogP contribution in [0.3, 0.4) is 0 Å². The summed E-state index contributed by atoms with van der Waals surface area (Å²) in [6.07, 6.45) is 6.20. The van der Waals surface area contributed by atoms with Gasteiger partial charge in [0, 0.05) is 24.4 Å². The summed E-state index contributed by atoms with van der Waals surface area (Å²) >= 11 is 0. The molecule has 244 valence electrons. The van der Waals surface area contributed by atoms with Gasteiger partial charge in [-0.2, -0.15) is 0 Å². The van der Waals surface area contributed by atoms with E-state index < -0.39 is 29.6 Å². The quantitative estimate of drug-likeness (QED) is 0.312. The Morgan fingerprint density at radius 2 is 1.40 bits per heavy atom. The van der Waals surface area contributed by atoms with Crippen molar-refractivity contribution in [2.75, 3.05) is 13.6 Å². The lowest BCUT2D eigenvalue weighted by Crippen LogP contribution is -2.57. The second-order valence-corrected chi connectivity index (χ2v) is 13.9. The first kappa shape index (κ1) is 34.4. The molecule has 3 N–H and O–H groups in total. The van der Waals surface area contributed by atoms with Crippen LogP contribution in [0.1, 0.15) is 96.1 Å². The van der Waals surface area contributed by atoms with Crippen LogP contribution in [-0.4, -0.2) is 65.7 Å². The summed E-state index contributed by atoms with van der Waals surface area (Å²) in [5.41, 5.74) is 1.44. The van der Waals surface area contributed by atoms with Crippen LogP contribution >= 0.6 is 0 Å². The average molecular weight is 617 g/mol. The predicted molar refractivity (Wildman–Crippen MR) is 177 cm³/mol. The maximum atomic E-state index is 14.3. The molecule has 2 aliphatic rings. The van der Waals surface area contributed by atoms with Crippen LogP contribution in [-0.2, 0) is 19.2 Å². The highest BCUT2D eigenvalue weighted by Gasteiger charge is 2.43. The molecule has 2 unspecified atom stereocenters. The summed E-state index contributed by atoms with van der Waals surface area (Å²) in [7, 11) is 1.72. The van der Waals surface area contributed by atoms with E-state index in [0.717, 1.165) is 43.2 Å². The van der Waals surface area contributed by atoms with Gasteiger partial charge in [0.15, 0.2) is 5.78 Å². The molecule has 45 heavy (non-hydrogen) atoms. The molecule has 2 aromatic carbocycles. The van der Waals surface area contributed by atoms with Crippen molar-refractivity contribution in [3.8, 4) is 0 Å². The molecule has 0 aromatic heterocycles. The summed E-state index contributed by atoms with van der Waals surface area (Å²) in [6.45, 7) is 8.07. The first-order valence-corrected chi connectivity index (χ1v) is 16.7. The van der Waals surface area contributed by atoms with E-state index in [1.165, 1.54) is 0 Å². The number of carbonyl (C=O) groups excluding carboxylic acids is 4. The molecular weight excluding hydrogens is 564 g/mol. The topological polar surface area (TPSA) is 108 Å². The number of rotatable bonds is 12. The zero-order valence-corrected chi connectivity index (χ0v) is 27.7. The van der Waals surface area contributed by atoms with E-state index in [0.29, 0.717) is 19.4 Å². The van der Waals surface area contributed by atoms with Gasteiger partial charge in [0.05, 0.1) is 18.0 Å². The molecule has 0 radical (unpaired) electrons. The Kier molecular flexibility index (Phi) is 12.0. The molecule has 4 atom stereocenters. The number of amides is 3. The van der Waals surface area contributed by atoms with Gasteiger partial charge in [0.2, 0.25) is 17.7 Å². The summed E-state index contributed by atoms with van der Waals surface area (Å²) in [5.74, 6) is -1.65. The van der Waals surface area contributed by atoms with Crippen LogP contribution < -0.4 is 16.0 Å². The lowest BCUT2D eigenvalue weighted by Gasteiger charge is -2.36. The second kappa shape index (κ2) is 15.7. The van der Waals surface area contributed by atoms with Crippen molar-refractivity contribution in [3.63, 3.8) is 0 Å². The largest absolute Gasteiger partial charge is 0.351 e. The van der Waals surface area contributed by atoms with Gasteiger partial charge in [-0.15, -0.1) is 0 Å². The summed E-state index contributed by atoms with van der Waals surface area (Å²) < 4.78 is 0. The van der Waals surface area contributed by atoms with E-state index >= 15 is 0 Å². The molecule has 1 aliphatic carbocycles. The lowest BCUT2D eigenvalue weighted by atomic mass is 9.76. The lowest BCUT2D eigenvalue weighted by molar-refractivity contribution is -0.143. The number of Topliss-reactive ketones (excluding diaryl/α,β-unsaturated/α-hetero) is 1. The fraction of sp³-hybridized carbons (Fsp3) is 0.568. The van der Waals surface area contributed by atoms with Crippen LogP contribution in [0, 0.1) is 11.8 Å². The highest BCUT2D eigenvalue weighted by atomic mass is 16.2. The van der Waals surface area contributed by atoms with E-state index in [-0.39, 0.29) is 41.8 Å². The number of hydrogen-bond acceptors (Lipinski definition) is 5. The van der Waals surface area contributed by atoms with Crippen molar-refractivity contribution in [3.05, 3.63) is 71.8 Å². The second-order valence-electron chi connectivity index (χ2n) is 13.9. The van der Waals surface area contributed by atoms with E-state index in [1.807, 2.05) is 81.4 Å². The van der Waals surface area contributed by atoms with Crippen molar-refractivity contribution in [2.24, 2.45) is 11.8 Å². The van der Waals surface area contributed by atoms with Gasteiger partial charge in [0.25, 0.3) is 0 Å². The molecule has 1 saturated carbocycles. The molecule has 8 heteroatoms. The molecule has 1 heterocycles. The van der Waals surface area contributed by atoms with Gasteiger partial charge in [-0.05, 0) is 77.5 Å². The molecule has 2 fully saturated rings. The van der Waals surface area contributed by atoms with Gasteiger partial charge in [-0.1, -0.05) is 79.9 Å². The minimum atomic E-state index is -0.676. The van der Waals surface area contributed by atoms with Crippen LogP contribution in [0.5, 0.6) is 0 Å². The molecule has 0 bridgehead atoms. The van der Waals surface area contributed by atoms with E-state index in [1.54, 1.807) is 18.9 Å². The Hall–Kier alpha value is -3.52. The smallest absolute Gasteiger partial charge is 0.246 e. The number of likely N-dealkylation sites (N-methyl/N-ethyl adjacent to an activating group) is 1. The Balaban J connectivity index is 1.64. The number of likely N-dealkylation sites (tertiary alicyclic amines) is 1. The van der Waals surface area contributed by atoms with Crippen LogP contribution in [0.2, 0.25) is 0 Å². The first-order valence-electron chi connectivity index (χ1n) is 16.7. The maximum absolute atomic E-state index is 14.3. The number of nitrogens with zero attached hydrogens (tertiary/aromatic N) is 1. The zero-order valence-electron chi connectivity index (χ0n) is 27.7. The fourth-order valence-corrected chi connectivity index (χ4v) is 6.96. The summed E-state index contributed by atoms with van der Waals surface area (Å²) in [6, 6.07) is 18.0. The molecule has 2 aromatic rings. The van der Waals surface area contributed by atoms with Crippen molar-refractivity contribution < 1.29 is 19.2 Å². The third-order valence-corrected chi connectivity index (χ3v) is 9.39. The summed E-state index contributed by atoms with van der Waals surface area (Å²) in [5, 5.41) is 9.16. The zero-order chi connectivity index (χ0) is 32.6. The molecule has 4 rings (SSSR count). The Morgan fingerprint density at radius 1 is 0.822 bits per heavy atom. The molecule has 1 saturated heterocycles. The van der Waals surface area contributed by atoms with Gasteiger partial charge >= 0.3 is 0 Å². The van der Waals surface area contributed by atoms with Crippen LogP contribution in [0.4, 0.5) is 0 Å². The minimum Gasteiger partial charge on any atom is -0.351 e. The van der Waals surface area contributed by atoms with Gasteiger partial charge in [0.1, 0.15) is 6.04 Å². The van der Waals surface area contributed by atoms with E-state index in [9.17, 15) is 19.2 Å². The van der Waals surface area contributed by atoms with Gasteiger partial charge in [-0.25, -0.2) is 0 Å². The highest BCUT2D eigenvalue weighted by molar-refractivity contribution is 5.96. The molecule has 8 nitrogen and oxygen atoms in total. The number of nitrogens with one attached hydrogen (secondary N) is 3. The van der Waals surface area contributed by atoms with Crippen molar-refractivity contribution in [1.82, 2.24) is 20.9 Å². The normalized spacial score (nSPS) is 19.5. The molecule has 1 aliphatic heterocycles. The van der Waals surface area contributed by atoms with Crippen molar-refractivity contribution in [1.29, 1.82) is 0 Å². The average Bonchev–Trinajstić information content (AvgIpc) is 3.53. The van der Waals surface area contributed by atoms with Crippen molar-refractivity contribution in [2.45, 2.75) is 109 Å². The monoisotopic (exact) mass is 616 g/mol. The highest BCUT2D eigenvalue weighted by Crippen LogP contribution is 2.37. The third kappa shape index (κ3) is 9.03. The SMILES string of the molecule is CN[C@@H](C)C(=O)NC(C(=O)N1CCCC1C(=O)C[C@H](C(=O)NC(C)(C)C)C(c1ccccc1)c1ccccc1)C1CCCCC1. The first-order chi connectivity index (χ1) is 21.5. The third-order valence-electron chi connectivity index (χ3n) is 9.39.